The number of hydrogen-bond donors (Lipinski definition) is 1. The first kappa shape index (κ1) is 19.4. The van der Waals surface area contributed by atoms with Crippen LogP contribution in [0.4, 0.5) is 13.2 Å². The van der Waals surface area contributed by atoms with E-state index < -0.39 is 17.7 Å². The van der Waals surface area contributed by atoms with Gasteiger partial charge in [0.2, 0.25) is 6.30 Å². The SMILES string of the molecule is CC(O)(c1ccc2c(cnn2-c2ccc(F)cc2)c1)C(F)n1ccc2ccc(F)cc21. The third kappa shape index (κ3) is 3.18. The average molecular weight is 421 g/mol. The number of rotatable bonds is 4. The first-order valence-electron chi connectivity index (χ1n) is 9.71. The molecule has 0 fully saturated rings. The molecule has 0 saturated carbocycles. The van der Waals surface area contributed by atoms with Crippen LogP contribution in [-0.2, 0) is 5.60 Å². The number of fused-ring (bicyclic) bond motifs is 2. The summed E-state index contributed by atoms with van der Waals surface area (Å²) in [6.07, 6.45) is 1.25. The maximum atomic E-state index is 15.5. The molecule has 2 heterocycles. The highest BCUT2D eigenvalue weighted by Gasteiger charge is 2.36. The topological polar surface area (TPSA) is 43.0 Å². The second kappa shape index (κ2) is 6.99. The van der Waals surface area contributed by atoms with Crippen molar-refractivity contribution in [2.45, 2.75) is 18.8 Å². The van der Waals surface area contributed by atoms with Crippen molar-refractivity contribution >= 4 is 21.8 Å². The monoisotopic (exact) mass is 421 g/mol. The van der Waals surface area contributed by atoms with Gasteiger partial charge in [-0.15, -0.1) is 0 Å². The lowest BCUT2D eigenvalue weighted by Crippen LogP contribution is -2.31. The fourth-order valence-corrected chi connectivity index (χ4v) is 3.86. The Hall–Kier alpha value is -3.58. The Morgan fingerprint density at radius 2 is 1.61 bits per heavy atom. The number of aliphatic hydroxyl groups is 1. The second-order valence-corrected chi connectivity index (χ2v) is 7.72. The van der Waals surface area contributed by atoms with Gasteiger partial charge in [-0.25, -0.2) is 17.9 Å². The van der Waals surface area contributed by atoms with Crippen LogP contribution < -0.4 is 0 Å². The highest BCUT2D eigenvalue weighted by molar-refractivity contribution is 5.82. The quantitative estimate of drug-likeness (QED) is 0.408. The summed E-state index contributed by atoms with van der Waals surface area (Å²) in [7, 11) is 0. The Balaban J connectivity index is 1.54. The number of benzene rings is 3. The number of nitrogens with zero attached hydrogens (tertiary/aromatic N) is 3. The number of hydrogen-bond acceptors (Lipinski definition) is 2. The average Bonchev–Trinajstić information content (AvgIpc) is 3.37. The van der Waals surface area contributed by atoms with Gasteiger partial charge in [0.25, 0.3) is 0 Å². The molecular formula is C24H18F3N3O. The molecule has 31 heavy (non-hydrogen) atoms. The molecule has 0 saturated heterocycles. The highest BCUT2D eigenvalue weighted by Crippen LogP contribution is 2.38. The predicted octanol–water partition coefficient (Wildman–Crippen LogP) is 5.63. The number of alkyl halides is 1. The zero-order valence-electron chi connectivity index (χ0n) is 16.5. The van der Waals surface area contributed by atoms with Crippen LogP contribution in [0.5, 0.6) is 0 Å². The van der Waals surface area contributed by atoms with Crippen molar-refractivity contribution in [2.75, 3.05) is 0 Å². The van der Waals surface area contributed by atoms with E-state index in [0.717, 1.165) is 5.52 Å². The molecule has 0 bridgehead atoms. The van der Waals surface area contributed by atoms with E-state index in [1.807, 2.05) is 0 Å². The van der Waals surface area contributed by atoms with Gasteiger partial charge in [-0.3, -0.25) is 0 Å². The third-order valence-corrected chi connectivity index (χ3v) is 5.62. The van der Waals surface area contributed by atoms with Crippen molar-refractivity contribution in [3.63, 3.8) is 0 Å². The molecule has 4 nitrogen and oxygen atoms in total. The summed E-state index contributed by atoms with van der Waals surface area (Å²) in [6, 6.07) is 16.7. The third-order valence-electron chi connectivity index (χ3n) is 5.62. The van der Waals surface area contributed by atoms with Crippen LogP contribution in [0, 0.1) is 11.6 Å². The number of halogens is 3. The maximum absolute atomic E-state index is 15.5. The predicted molar refractivity (Wildman–Crippen MR) is 113 cm³/mol. The second-order valence-electron chi connectivity index (χ2n) is 7.72. The summed E-state index contributed by atoms with van der Waals surface area (Å²) in [6.45, 7) is 1.38. The van der Waals surface area contributed by atoms with Gasteiger partial charge in [0, 0.05) is 11.6 Å². The van der Waals surface area contributed by atoms with Gasteiger partial charge in [-0.05, 0) is 78.5 Å². The van der Waals surface area contributed by atoms with Crippen molar-refractivity contribution in [1.29, 1.82) is 0 Å². The maximum Gasteiger partial charge on any atom is 0.209 e. The van der Waals surface area contributed by atoms with Crippen LogP contribution in [0.1, 0.15) is 18.8 Å². The van der Waals surface area contributed by atoms with Gasteiger partial charge in [-0.2, -0.15) is 5.10 Å². The number of aromatic nitrogens is 3. The minimum absolute atomic E-state index is 0.343. The van der Waals surface area contributed by atoms with Crippen molar-refractivity contribution in [2.24, 2.45) is 0 Å². The molecule has 7 heteroatoms. The first-order valence-corrected chi connectivity index (χ1v) is 9.71. The van der Waals surface area contributed by atoms with Crippen LogP contribution in [0.15, 0.2) is 79.1 Å². The Bertz CT molecular complexity index is 1400. The molecule has 2 unspecified atom stereocenters. The lowest BCUT2D eigenvalue weighted by Gasteiger charge is -2.29. The fourth-order valence-electron chi connectivity index (χ4n) is 3.86. The molecule has 0 spiro atoms. The minimum atomic E-state index is -1.88. The van der Waals surface area contributed by atoms with E-state index in [9.17, 15) is 13.9 Å². The van der Waals surface area contributed by atoms with Crippen LogP contribution in [-0.4, -0.2) is 19.5 Å². The Labute approximate surface area is 175 Å². The first-order chi connectivity index (χ1) is 14.8. The largest absolute Gasteiger partial charge is 0.380 e. The molecule has 5 aromatic rings. The van der Waals surface area contributed by atoms with Crippen molar-refractivity contribution in [3.05, 3.63) is 96.3 Å². The lowest BCUT2D eigenvalue weighted by molar-refractivity contribution is -0.0585. The Morgan fingerprint density at radius 1 is 0.871 bits per heavy atom. The molecule has 2 atom stereocenters. The van der Waals surface area contributed by atoms with Crippen molar-refractivity contribution in [1.82, 2.24) is 14.3 Å². The van der Waals surface area contributed by atoms with Gasteiger partial charge >= 0.3 is 0 Å². The van der Waals surface area contributed by atoms with E-state index in [4.69, 9.17) is 0 Å². The van der Waals surface area contributed by atoms with Gasteiger partial charge in [0.05, 0.1) is 22.9 Å². The molecule has 0 aliphatic rings. The summed E-state index contributed by atoms with van der Waals surface area (Å²) >= 11 is 0. The Morgan fingerprint density at radius 3 is 2.39 bits per heavy atom. The van der Waals surface area contributed by atoms with E-state index >= 15 is 4.39 Å². The molecule has 0 radical (unpaired) electrons. The summed E-state index contributed by atoms with van der Waals surface area (Å²) in [5.41, 5.74) is 0.238. The van der Waals surface area contributed by atoms with E-state index in [-0.39, 0.29) is 5.82 Å². The standard InChI is InChI=1S/C24H18F3N3O/c1-24(31,23(27)29-11-10-15-2-4-19(26)13-22(15)29)17-3-9-21-16(12-17)14-28-30(21)20-7-5-18(25)6-8-20/h2-14,23,31H,1H3. The molecule has 0 aliphatic carbocycles. The summed E-state index contributed by atoms with van der Waals surface area (Å²) in [5, 5.41) is 16.8. The highest BCUT2D eigenvalue weighted by atomic mass is 19.1. The molecule has 0 amide bonds. The molecular weight excluding hydrogens is 403 g/mol. The molecule has 5 rings (SSSR count). The van der Waals surface area contributed by atoms with E-state index in [1.54, 1.807) is 53.3 Å². The van der Waals surface area contributed by atoms with E-state index in [1.165, 1.54) is 42.0 Å². The molecule has 1 N–H and O–H groups in total. The fraction of sp³-hybridized carbons (Fsp3) is 0.125. The zero-order valence-corrected chi connectivity index (χ0v) is 16.5. The minimum Gasteiger partial charge on any atom is -0.380 e. The molecule has 3 aromatic carbocycles. The Kier molecular flexibility index (Phi) is 4.37. The summed E-state index contributed by atoms with van der Waals surface area (Å²) < 4.78 is 45.3. The molecule has 156 valence electrons. The summed E-state index contributed by atoms with van der Waals surface area (Å²) in [5.74, 6) is -0.820. The van der Waals surface area contributed by atoms with Crippen LogP contribution in [0.2, 0.25) is 0 Å². The van der Waals surface area contributed by atoms with E-state index in [2.05, 4.69) is 5.10 Å². The normalized spacial score (nSPS) is 14.7. The van der Waals surface area contributed by atoms with Crippen molar-refractivity contribution in [3.8, 4) is 5.69 Å². The molecule has 0 aliphatic heterocycles. The van der Waals surface area contributed by atoms with Crippen LogP contribution in [0.3, 0.4) is 0 Å². The summed E-state index contributed by atoms with van der Waals surface area (Å²) in [4.78, 5) is 0. The van der Waals surface area contributed by atoms with Gasteiger partial charge in [0.1, 0.15) is 17.2 Å². The van der Waals surface area contributed by atoms with Gasteiger partial charge in [0.15, 0.2) is 0 Å². The van der Waals surface area contributed by atoms with Gasteiger partial charge in [-0.1, -0.05) is 6.07 Å². The van der Waals surface area contributed by atoms with Crippen LogP contribution in [0.25, 0.3) is 27.5 Å². The molecule has 2 aromatic heterocycles. The van der Waals surface area contributed by atoms with Gasteiger partial charge < -0.3 is 9.67 Å². The van der Waals surface area contributed by atoms with E-state index in [0.29, 0.717) is 27.5 Å². The zero-order chi connectivity index (χ0) is 21.8. The van der Waals surface area contributed by atoms with Crippen LogP contribution >= 0.6 is 0 Å². The van der Waals surface area contributed by atoms with Crippen molar-refractivity contribution < 1.29 is 18.3 Å². The smallest absolute Gasteiger partial charge is 0.209 e. The lowest BCUT2D eigenvalue weighted by atomic mass is 9.93.